The number of aryl methyl sites for hydroxylation is 1. The number of hydrogen-bond donors (Lipinski definition) is 3. The first-order valence-corrected chi connectivity index (χ1v) is 5.72. The van der Waals surface area contributed by atoms with Crippen molar-refractivity contribution >= 4 is 5.97 Å². The molecule has 0 radical (unpaired) electrons. The van der Waals surface area contributed by atoms with Crippen LogP contribution in [0.4, 0.5) is 0 Å². The normalized spacial score (nSPS) is 12.5. The number of ether oxygens (including phenoxy) is 1. The maximum Gasteiger partial charge on any atom is 0.355 e. The summed E-state index contributed by atoms with van der Waals surface area (Å²) in [5, 5.41) is 8.95. The third kappa shape index (κ3) is 3.08. The summed E-state index contributed by atoms with van der Waals surface area (Å²) >= 11 is 0. The van der Waals surface area contributed by atoms with Crippen molar-refractivity contribution < 1.29 is 14.6 Å². The van der Waals surface area contributed by atoms with Gasteiger partial charge in [-0.1, -0.05) is 0 Å². The number of aliphatic hydroxyl groups excluding tert-OH is 1. The van der Waals surface area contributed by atoms with Crippen molar-refractivity contribution in [2.45, 2.75) is 33.2 Å². The molecule has 5 nitrogen and oxygen atoms in total. The van der Waals surface area contributed by atoms with Gasteiger partial charge in [-0.2, -0.15) is 0 Å². The summed E-state index contributed by atoms with van der Waals surface area (Å²) in [7, 11) is 0. The van der Waals surface area contributed by atoms with Gasteiger partial charge in [-0.25, -0.2) is 4.79 Å². The van der Waals surface area contributed by atoms with Crippen LogP contribution in [0.5, 0.6) is 0 Å². The molecule has 0 saturated carbocycles. The lowest BCUT2D eigenvalue weighted by Crippen LogP contribution is -2.27. The van der Waals surface area contributed by atoms with E-state index in [4.69, 9.17) is 15.6 Å². The molecule has 0 fully saturated rings. The number of nitrogens with two attached hydrogens (primary N) is 1. The van der Waals surface area contributed by atoms with E-state index in [1.165, 1.54) is 0 Å². The minimum Gasteiger partial charge on any atom is -0.461 e. The zero-order chi connectivity index (χ0) is 13.0. The van der Waals surface area contributed by atoms with Crippen LogP contribution < -0.4 is 5.73 Å². The Morgan fingerprint density at radius 2 is 2.18 bits per heavy atom. The van der Waals surface area contributed by atoms with E-state index in [9.17, 15) is 4.79 Å². The fourth-order valence-electron chi connectivity index (χ4n) is 1.83. The summed E-state index contributed by atoms with van der Waals surface area (Å²) in [5.41, 5.74) is 8.91. The summed E-state index contributed by atoms with van der Waals surface area (Å²) < 4.78 is 4.96. The Morgan fingerprint density at radius 1 is 1.53 bits per heavy atom. The first kappa shape index (κ1) is 13.7. The van der Waals surface area contributed by atoms with Crippen LogP contribution in [0.15, 0.2) is 0 Å². The van der Waals surface area contributed by atoms with Crippen molar-refractivity contribution in [1.29, 1.82) is 0 Å². The van der Waals surface area contributed by atoms with Crippen LogP contribution in [-0.2, 0) is 11.2 Å². The van der Waals surface area contributed by atoms with Gasteiger partial charge in [-0.15, -0.1) is 0 Å². The lowest BCUT2D eigenvalue weighted by Gasteiger charge is -2.08. The molecule has 1 aromatic heterocycles. The largest absolute Gasteiger partial charge is 0.461 e. The van der Waals surface area contributed by atoms with Crippen LogP contribution in [0.25, 0.3) is 0 Å². The van der Waals surface area contributed by atoms with E-state index in [1.807, 2.05) is 13.8 Å². The molecular formula is C12H20N2O3. The Bertz CT molecular complexity index is 399. The number of nitrogens with one attached hydrogen (secondary N) is 1. The molecule has 1 rings (SSSR count). The molecule has 1 heterocycles. The first-order chi connectivity index (χ1) is 8.01. The fourth-order valence-corrected chi connectivity index (χ4v) is 1.83. The molecule has 0 aromatic carbocycles. The van der Waals surface area contributed by atoms with Crippen molar-refractivity contribution in [3.63, 3.8) is 0 Å². The van der Waals surface area contributed by atoms with Crippen LogP contribution in [0, 0.1) is 13.8 Å². The number of aromatic amines is 1. The Morgan fingerprint density at radius 3 is 2.71 bits per heavy atom. The number of rotatable bonds is 5. The highest BCUT2D eigenvalue weighted by Crippen LogP contribution is 2.20. The maximum atomic E-state index is 11.7. The van der Waals surface area contributed by atoms with Gasteiger partial charge in [0.25, 0.3) is 0 Å². The Balaban J connectivity index is 2.97. The summed E-state index contributed by atoms with van der Waals surface area (Å²) in [4.78, 5) is 14.7. The van der Waals surface area contributed by atoms with E-state index in [0.717, 1.165) is 16.8 Å². The lowest BCUT2D eigenvalue weighted by atomic mass is 10.0. The molecule has 0 aliphatic carbocycles. The number of aliphatic hydroxyl groups is 1. The molecule has 1 unspecified atom stereocenters. The predicted octanol–water partition coefficient (Wildman–Crippen LogP) is 0.670. The summed E-state index contributed by atoms with van der Waals surface area (Å²) in [6.07, 6.45) is 0.546. The maximum absolute atomic E-state index is 11.7. The number of esters is 1. The second kappa shape index (κ2) is 5.84. The van der Waals surface area contributed by atoms with E-state index in [0.29, 0.717) is 18.7 Å². The van der Waals surface area contributed by atoms with Crippen molar-refractivity contribution in [2.75, 3.05) is 13.2 Å². The molecule has 0 aliphatic heterocycles. The molecular weight excluding hydrogens is 220 g/mol. The minimum absolute atomic E-state index is 0.0706. The van der Waals surface area contributed by atoms with E-state index < -0.39 is 0 Å². The smallest absolute Gasteiger partial charge is 0.355 e. The van der Waals surface area contributed by atoms with Gasteiger partial charge in [0, 0.05) is 11.7 Å². The summed E-state index contributed by atoms with van der Waals surface area (Å²) in [5.74, 6) is -0.350. The van der Waals surface area contributed by atoms with Crippen molar-refractivity contribution in [1.82, 2.24) is 4.98 Å². The Hall–Kier alpha value is -1.33. The Labute approximate surface area is 101 Å². The highest BCUT2D eigenvalue weighted by Gasteiger charge is 2.19. The molecule has 1 atom stereocenters. The third-order valence-corrected chi connectivity index (χ3v) is 2.77. The first-order valence-electron chi connectivity index (χ1n) is 5.72. The highest BCUT2D eigenvalue weighted by molar-refractivity contribution is 5.89. The second-order valence-corrected chi connectivity index (χ2v) is 4.10. The van der Waals surface area contributed by atoms with Crippen molar-refractivity contribution in [3.8, 4) is 0 Å². The molecule has 1 aromatic rings. The molecule has 0 bridgehead atoms. The van der Waals surface area contributed by atoms with Crippen LogP contribution in [0.2, 0.25) is 0 Å². The summed E-state index contributed by atoms with van der Waals surface area (Å²) in [6.45, 7) is 5.79. The van der Waals surface area contributed by atoms with E-state index in [-0.39, 0.29) is 18.6 Å². The third-order valence-electron chi connectivity index (χ3n) is 2.77. The van der Waals surface area contributed by atoms with Gasteiger partial charge in [-0.05, 0) is 38.3 Å². The quantitative estimate of drug-likeness (QED) is 0.660. The van der Waals surface area contributed by atoms with Crippen molar-refractivity contribution in [2.24, 2.45) is 5.73 Å². The lowest BCUT2D eigenvalue weighted by molar-refractivity contribution is 0.0519. The predicted molar refractivity (Wildman–Crippen MR) is 65.0 cm³/mol. The Kier molecular flexibility index (Phi) is 4.72. The van der Waals surface area contributed by atoms with Crippen LogP contribution in [-0.4, -0.2) is 35.3 Å². The SMILES string of the molecule is CCOC(=O)c1[nH]c(C)c(CC(N)CO)c1C. The zero-order valence-corrected chi connectivity index (χ0v) is 10.5. The van der Waals surface area contributed by atoms with Crippen LogP contribution in [0.3, 0.4) is 0 Å². The van der Waals surface area contributed by atoms with Gasteiger partial charge >= 0.3 is 5.97 Å². The molecule has 0 amide bonds. The van der Waals surface area contributed by atoms with Gasteiger partial charge in [0.2, 0.25) is 0 Å². The number of aromatic nitrogens is 1. The molecule has 96 valence electrons. The number of hydrogen-bond acceptors (Lipinski definition) is 4. The molecule has 0 aliphatic rings. The van der Waals surface area contributed by atoms with Gasteiger partial charge in [-0.3, -0.25) is 0 Å². The van der Waals surface area contributed by atoms with Gasteiger partial charge in [0.15, 0.2) is 0 Å². The summed E-state index contributed by atoms with van der Waals surface area (Å²) in [6, 6.07) is -0.307. The van der Waals surface area contributed by atoms with Crippen LogP contribution >= 0.6 is 0 Å². The van der Waals surface area contributed by atoms with Crippen molar-refractivity contribution in [3.05, 3.63) is 22.5 Å². The number of carbonyl (C=O) groups excluding carboxylic acids is 1. The second-order valence-electron chi connectivity index (χ2n) is 4.10. The topological polar surface area (TPSA) is 88.3 Å². The van der Waals surface area contributed by atoms with Crippen LogP contribution in [0.1, 0.15) is 34.2 Å². The van der Waals surface area contributed by atoms with E-state index in [2.05, 4.69) is 4.98 Å². The van der Waals surface area contributed by atoms with Gasteiger partial charge in [0.05, 0.1) is 13.2 Å². The average Bonchev–Trinajstić information content (AvgIpc) is 2.57. The van der Waals surface area contributed by atoms with Gasteiger partial charge < -0.3 is 20.6 Å². The standard InChI is InChI=1S/C12H20N2O3/c1-4-17-12(16)11-7(2)10(8(3)14-11)5-9(13)6-15/h9,14-15H,4-6,13H2,1-3H3. The molecule has 0 spiro atoms. The molecule has 5 heteroatoms. The minimum atomic E-state index is -0.350. The van der Waals surface area contributed by atoms with E-state index >= 15 is 0 Å². The fraction of sp³-hybridized carbons (Fsp3) is 0.583. The highest BCUT2D eigenvalue weighted by atomic mass is 16.5. The monoisotopic (exact) mass is 240 g/mol. The van der Waals surface area contributed by atoms with Gasteiger partial charge in [0.1, 0.15) is 5.69 Å². The molecule has 0 saturated heterocycles. The average molecular weight is 240 g/mol. The molecule has 17 heavy (non-hydrogen) atoms. The number of carbonyl (C=O) groups is 1. The zero-order valence-electron chi connectivity index (χ0n) is 10.5. The molecule has 4 N–H and O–H groups in total. The number of H-pyrrole nitrogens is 1. The van der Waals surface area contributed by atoms with E-state index in [1.54, 1.807) is 6.92 Å².